The third-order valence-electron chi connectivity index (χ3n) is 2.97. The maximum atomic E-state index is 12.3. The lowest BCUT2D eigenvalue weighted by Gasteiger charge is -2.20. The lowest BCUT2D eigenvalue weighted by Crippen LogP contribution is -2.34. The van der Waals surface area contributed by atoms with Crippen molar-refractivity contribution in [2.45, 2.75) is 13.3 Å². The van der Waals surface area contributed by atoms with Gasteiger partial charge in [0.1, 0.15) is 5.69 Å². The highest BCUT2D eigenvalue weighted by Gasteiger charge is 2.16. The van der Waals surface area contributed by atoms with Crippen LogP contribution in [0.5, 0.6) is 0 Å². The van der Waals surface area contributed by atoms with E-state index < -0.39 is 0 Å². The molecule has 0 bridgehead atoms. The summed E-state index contributed by atoms with van der Waals surface area (Å²) in [5, 5.41) is 10.6. The van der Waals surface area contributed by atoms with Crippen molar-refractivity contribution in [3.8, 4) is 0 Å². The molecule has 4 nitrogen and oxygen atoms in total. The fraction of sp³-hybridized carbons (Fsp3) is 0.357. The summed E-state index contributed by atoms with van der Waals surface area (Å²) in [6.45, 7) is 2.96. The van der Waals surface area contributed by atoms with Gasteiger partial charge in [-0.1, -0.05) is 24.6 Å². The van der Waals surface area contributed by atoms with Gasteiger partial charge in [-0.15, -0.1) is 0 Å². The summed E-state index contributed by atoms with van der Waals surface area (Å²) < 4.78 is 0. The predicted octanol–water partition coefficient (Wildman–Crippen LogP) is 2.67. The van der Waals surface area contributed by atoms with Gasteiger partial charge in [-0.05, 0) is 24.6 Å². The number of amides is 1. The topological polar surface area (TPSA) is 56.3 Å². The summed E-state index contributed by atoms with van der Waals surface area (Å²) in [6, 6.07) is 7.28. The highest BCUT2D eigenvalue weighted by atomic mass is 35.5. The lowest BCUT2D eigenvalue weighted by molar-refractivity contribution is 0.0717. The molecule has 0 fully saturated rings. The van der Waals surface area contributed by atoms with Gasteiger partial charge in [0.15, 0.2) is 0 Å². The Bertz CT molecular complexity index is 574. The first-order chi connectivity index (χ1) is 9.15. The standard InChI is InChI=1S/C14H17ClN2O2/c1-2-5-17(6-7-18)14(19)13-8-10-3-4-11(15)9-12(10)16-13/h3-4,8-9,16,18H,2,5-7H2,1H3. The first-order valence-corrected chi connectivity index (χ1v) is 6.72. The van der Waals surface area contributed by atoms with E-state index in [4.69, 9.17) is 16.7 Å². The molecule has 2 rings (SSSR count). The van der Waals surface area contributed by atoms with Crippen LogP contribution in [-0.2, 0) is 0 Å². The van der Waals surface area contributed by atoms with Crippen LogP contribution in [0.25, 0.3) is 10.9 Å². The third-order valence-corrected chi connectivity index (χ3v) is 3.20. The van der Waals surface area contributed by atoms with E-state index in [1.165, 1.54) is 0 Å². The van der Waals surface area contributed by atoms with Crippen LogP contribution in [0.1, 0.15) is 23.8 Å². The second-order valence-electron chi connectivity index (χ2n) is 4.43. The lowest BCUT2D eigenvalue weighted by atomic mass is 10.2. The van der Waals surface area contributed by atoms with E-state index in [9.17, 15) is 4.79 Å². The van der Waals surface area contributed by atoms with E-state index in [1.54, 1.807) is 17.0 Å². The van der Waals surface area contributed by atoms with Gasteiger partial charge in [-0.3, -0.25) is 4.79 Å². The zero-order valence-electron chi connectivity index (χ0n) is 10.8. The van der Waals surface area contributed by atoms with Crippen molar-refractivity contribution in [2.75, 3.05) is 19.7 Å². The Morgan fingerprint density at radius 3 is 2.84 bits per heavy atom. The quantitative estimate of drug-likeness (QED) is 0.885. The molecule has 0 aliphatic rings. The molecule has 2 N–H and O–H groups in total. The number of aliphatic hydroxyl groups excluding tert-OH is 1. The van der Waals surface area contributed by atoms with Gasteiger partial charge in [0, 0.05) is 29.0 Å². The normalized spacial score (nSPS) is 10.9. The van der Waals surface area contributed by atoms with Crippen LogP contribution in [0.15, 0.2) is 24.3 Å². The molecule has 0 unspecified atom stereocenters. The Kier molecular flexibility index (Phi) is 4.45. The Morgan fingerprint density at radius 2 is 2.16 bits per heavy atom. The highest BCUT2D eigenvalue weighted by Crippen LogP contribution is 2.20. The minimum absolute atomic E-state index is 0.0300. The van der Waals surface area contributed by atoms with Crippen LogP contribution < -0.4 is 0 Å². The van der Waals surface area contributed by atoms with E-state index in [-0.39, 0.29) is 12.5 Å². The fourth-order valence-electron chi connectivity index (χ4n) is 2.09. The van der Waals surface area contributed by atoms with Crippen molar-refractivity contribution in [1.29, 1.82) is 0 Å². The van der Waals surface area contributed by atoms with Gasteiger partial charge < -0.3 is 15.0 Å². The number of aliphatic hydroxyl groups is 1. The van der Waals surface area contributed by atoms with Crippen LogP contribution >= 0.6 is 11.6 Å². The molecule has 0 saturated carbocycles. The molecule has 5 heteroatoms. The Balaban J connectivity index is 2.29. The number of carbonyl (C=O) groups excluding carboxylic acids is 1. The number of rotatable bonds is 5. The fourth-order valence-corrected chi connectivity index (χ4v) is 2.26. The SMILES string of the molecule is CCCN(CCO)C(=O)c1cc2ccc(Cl)cc2[nH]1. The molecule has 0 radical (unpaired) electrons. The number of H-pyrrole nitrogens is 1. The van der Waals surface area contributed by atoms with Gasteiger partial charge in [-0.2, -0.15) is 0 Å². The van der Waals surface area contributed by atoms with Crippen LogP contribution in [0.4, 0.5) is 0 Å². The molecular weight excluding hydrogens is 264 g/mol. The smallest absolute Gasteiger partial charge is 0.270 e. The number of fused-ring (bicyclic) bond motifs is 1. The maximum Gasteiger partial charge on any atom is 0.270 e. The molecular formula is C14H17ClN2O2. The van der Waals surface area contributed by atoms with Crippen molar-refractivity contribution in [2.24, 2.45) is 0 Å². The summed E-state index contributed by atoms with van der Waals surface area (Å²) >= 11 is 5.92. The Labute approximate surface area is 117 Å². The molecule has 1 aromatic heterocycles. The van der Waals surface area contributed by atoms with Gasteiger partial charge in [0.05, 0.1) is 6.61 Å². The van der Waals surface area contributed by atoms with Crippen molar-refractivity contribution in [3.63, 3.8) is 0 Å². The molecule has 0 saturated heterocycles. The predicted molar refractivity (Wildman–Crippen MR) is 76.6 cm³/mol. The number of halogens is 1. The number of nitrogens with one attached hydrogen (secondary N) is 1. The first kappa shape index (κ1) is 13.9. The largest absolute Gasteiger partial charge is 0.395 e. The average molecular weight is 281 g/mol. The van der Waals surface area contributed by atoms with E-state index in [0.29, 0.717) is 23.8 Å². The highest BCUT2D eigenvalue weighted by molar-refractivity contribution is 6.31. The summed E-state index contributed by atoms with van der Waals surface area (Å²) in [5.41, 5.74) is 1.37. The summed E-state index contributed by atoms with van der Waals surface area (Å²) in [4.78, 5) is 17.1. The van der Waals surface area contributed by atoms with Gasteiger partial charge in [0.2, 0.25) is 0 Å². The average Bonchev–Trinajstić information content (AvgIpc) is 2.80. The summed E-state index contributed by atoms with van der Waals surface area (Å²) in [6.07, 6.45) is 0.859. The Hall–Kier alpha value is -1.52. The maximum absolute atomic E-state index is 12.3. The van der Waals surface area contributed by atoms with E-state index >= 15 is 0 Å². The molecule has 0 atom stereocenters. The van der Waals surface area contributed by atoms with Gasteiger partial charge in [-0.25, -0.2) is 0 Å². The zero-order chi connectivity index (χ0) is 13.8. The monoisotopic (exact) mass is 280 g/mol. The van der Waals surface area contributed by atoms with Crippen LogP contribution in [0.3, 0.4) is 0 Å². The molecule has 0 aliphatic carbocycles. The van der Waals surface area contributed by atoms with E-state index in [2.05, 4.69) is 4.98 Å². The minimum atomic E-state index is -0.0942. The second-order valence-corrected chi connectivity index (χ2v) is 4.87. The molecule has 1 aromatic carbocycles. The summed E-state index contributed by atoms with van der Waals surface area (Å²) in [5.74, 6) is -0.0942. The molecule has 0 aliphatic heterocycles. The number of carbonyl (C=O) groups is 1. The van der Waals surface area contributed by atoms with Crippen LogP contribution in [0.2, 0.25) is 5.02 Å². The number of nitrogens with zero attached hydrogens (tertiary/aromatic N) is 1. The van der Waals surface area contributed by atoms with Gasteiger partial charge >= 0.3 is 0 Å². The molecule has 19 heavy (non-hydrogen) atoms. The molecule has 1 amide bonds. The number of hydrogen-bond donors (Lipinski definition) is 2. The second kappa shape index (κ2) is 6.08. The van der Waals surface area contributed by atoms with Crippen molar-refractivity contribution in [3.05, 3.63) is 35.0 Å². The Morgan fingerprint density at radius 1 is 1.37 bits per heavy atom. The van der Waals surface area contributed by atoms with Crippen LogP contribution in [0, 0.1) is 0 Å². The molecule has 102 valence electrons. The molecule has 1 heterocycles. The molecule has 2 aromatic rings. The van der Waals surface area contributed by atoms with Crippen molar-refractivity contribution in [1.82, 2.24) is 9.88 Å². The first-order valence-electron chi connectivity index (χ1n) is 6.34. The zero-order valence-corrected chi connectivity index (χ0v) is 11.6. The van der Waals surface area contributed by atoms with Crippen molar-refractivity contribution >= 4 is 28.4 Å². The van der Waals surface area contributed by atoms with Gasteiger partial charge in [0.25, 0.3) is 5.91 Å². The third kappa shape index (κ3) is 3.08. The van der Waals surface area contributed by atoms with Crippen LogP contribution in [-0.4, -0.2) is 40.6 Å². The van der Waals surface area contributed by atoms with E-state index in [1.807, 2.05) is 19.1 Å². The van der Waals surface area contributed by atoms with E-state index in [0.717, 1.165) is 17.3 Å². The minimum Gasteiger partial charge on any atom is -0.395 e. The number of aromatic amines is 1. The number of benzene rings is 1. The number of aromatic nitrogens is 1. The number of hydrogen-bond acceptors (Lipinski definition) is 2. The van der Waals surface area contributed by atoms with Crippen molar-refractivity contribution < 1.29 is 9.90 Å². The molecule has 0 spiro atoms. The summed E-state index contributed by atoms with van der Waals surface area (Å²) in [7, 11) is 0.